The fourth-order valence-electron chi connectivity index (χ4n) is 4.81. The highest BCUT2D eigenvalue weighted by Crippen LogP contribution is 2.41. The van der Waals surface area contributed by atoms with Crippen molar-refractivity contribution < 1.29 is 5.11 Å². The summed E-state index contributed by atoms with van der Waals surface area (Å²) in [6, 6.07) is 14.2. The molecule has 1 spiro atoms. The maximum Gasteiger partial charge on any atom is 0.151 e. The van der Waals surface area contributed by atoms with Gasteiger partial charge in [-0.25, -0.2) is 4.98 Å². The molecule has 3 aromatic rings. The first-order valence-corrected chi connectivity index (χ1v) is 10.5. The van der Waals surface area contributed by atoms with Gasteiger partial charge in [-0.2, -0.15) is 0 Å². The number of aromatic nitrogens is 4. The molecule has 2 saturated heterocycles. The van der Waals surface area contributed by atoms with Gasteiger partial charge in [0.2, 0.25) is 0 Å². The fourth-order valence-corrected chi connectivity index (χ4v) is 4.81. The first-order chi connectivity index (χ1) is 14.7. The number of β-amino-alcohol motifs (C(OH)–C–C–N with tert-alkyl or cyclic N) is 1. The molecule has 0 radical (unpaired) electrons. The molecule has 1 unspecified atom stereocenters. The summed E-state index contributed by atoms with van der Waals surface area (Å²) < 4.78 is 0. The minimum absolute atomic E-state index is 0.100. The smallest absolute Gasteiger partial charge is 0.151 e. The number of benzene rings is 1. The molecule has 2 aromatic heterocycles. The summed E-state index contributed by atoms with van der Waals surface area (Å²) in [5.74, 6) is 1.77. The van der Waals surface area contributed by atoms with Gasteiger partial charge in [0.15, 0.2) is 5.82 Å². The van der Waals surface area contributed by atoms with Gasteiger partial charge in [-0.1, -0.05) is 30.3 Å². The van der Waals surface area contributed by atoms with Crippen molar-refractivity contribution in [3.05, 3.63) is 61.1 Å². The Bertz CT molecular complexity index is 958. The van der Waals surface area contributed by atoms with E-state index in [2.05, 4.69) is 36.0 Å². The number of nitrogens with zero attached hydrogens (tertiary/aromatic N) is 6. The van der Waals surface area contributed by atoms with Crippen LogP contribution < -0.4 is 9.80 Å². The first-order valence-electron chi connectivity index (χ1n) is 10.5. The van der Waals surface area contributed by atoms with Crippen LogP contribution in [0.5, 0.6) is 0 Å². The molecule has 0 saturated carbocycles. The zero-order chi connectivity index (χ0) is 20.4. The van der Waals surface area contributed by atoms with E-state index in [4.69, 9.17) is 0 Å². The molecule has 7 nitrogen and oxygen atoms in total. The highest BCUT2D eigenvalue weighted by molar-refractivity contribution is 5.59. The van der Waals surface area contributed by atoms with Crippen LogP contribution in [0.4, 0.5) is 11.6 Å². The molecule has 2 fully saturated rings. The lowest BCUT2D eigenvalue weighted by Crippen LogP contribution is -2.54. The lowest BCUT2D eigenvalue weighted by molar-refractivity contribution is 0.0594. The van der Waals surface area contributed by atoms with E-state index in [1.54, 1.807) is 18.6 Å². The summed E-state index contributed by atoms with van der Waals surface area (Å²) in [6.45, 7) is 3.37. The molecule has 7 heteroatoms. The fraction of sp³-hybridized carbons (Fsp3) is 0.391. The van der Waals surface area contributed by atoms with Crippen LogP contribution in [-0.2, 0) is 0 Å². The predicted molar refractivity (Wildman–Crippen MR) is 116 cm³/mol. The summed E-state index contributed by atoms with van der Waals surface area (Å²) in [5.41, 5.74) is 2.07. The van der Waals surface area contributed by atoms with Crippen LogP contribution in [0.15, 0.2) is 61.1 Å². The molecule has 0 amide bonds. The third-order valence-electron chi connectivity index (χ3n) is 6.37. The van der Waals surface area contributed by atoms with Crippen molar-refractivity contribution in [2.24, 2.45) is 5.41 Å². The molecule has 1 N–H and O–H groups in total. The van der Waals surface area contributed by atoms with E-state index in [-0.39, 0.29) is 11.5 Å². The van der Waals surface area contributed by atoms with Crippen molar-refractivity contribution in [2.75, 3.05) is 36.0 Å². The Labute approximate surface area is 176 Å². The number of anilines is 2. The lowest BCUT2D eigenvalue weighted by atomic mass is 9.71. The third-order valence-corrected chi connectivity index (χ3v) is 6.37. The Morgan fingerprint density at radius 2 is 1.73 bits per heavy atom. The summed E-state index contributed by atoms with van der Waals surface area (Å²) in [4.78, 5) is 13.1. The van der Waals surface area contributed by atoms with Gasteiger partial charge in [0.25, 0.3) is 0 Å². The molecule has 30 heavy (non-hydrogen) atoms. The Morgan fingerprint density at radius 3 is 2.43 bits per heavy atom. The van der Waals surface area contributed by atoms with E-state index in [0.29, 0.717) is 6.54 Å². The number of rotatable bonds is 3. The minimum Gasteiger partial charge on any atom is -0.391 e. The van der Waals surface area contributed by atoms with Gasteiger partial charge in [-0.3, -0.25) is 4.98 Å². The number of hydrogen-bond acceptors (Lipinski definition) is 7. The molecule has 0 aliphatic carbocycles. The molecule has 2 aliphatic rings. The normalized spacial score (nSPS) is 21.0. The molecule has 0 bridgehead atoms. The van der Waals surface area contributed by atoms with Crippen LogP contribution in [0.3, 0.4) is 0 Å². The minimum atomic E-state index is -0.336. The second-order valence-corrected chi connectivity index (χ2v) is 8.43. The van der Waals surface area contributed by atoms with E-state index in [0.717, 1.165) is 61.8 Å². The van der Waals surface area contributed by atoms with E-state index in [1.807, 2.05) is 36.4 Å². The molecule has 1 aromatic carbocycles. The zero-order valence-electron chi connectivity index (χ0n) is 16.9. The van der Waals surface area contributed by atoms with E-state index >= 15 is 0 Å². The second kappa shape index (κ2) is 7.99. The predicted octanol–water partition coefficient (Wildman–Crippen LogP) is 2.79. The maximum absolute atomic E-state index is 10.6. The molecule has 5 rings (SSSR count). The van der Waals surface area contributed by atoms with Gasteiger partial charge in [-0.15, -0.1) is 10.2 Å². The number of aliphatic hydroxyl groups is 1. The largest absolute Gasteiger partial charge is 0.391 e. The highest BCUT2D eigenvalue weighted by atomic mass is 16.3. The molecule has 4 heterocycles. The van der Waals surface area contributed by atoms with Gasteiger partial charge in [0.1, 0.15) is 5.82 Å². The van der Waals surface area contributed by atoms with Crippen molar-refractivity contribution in [3.63, 3.8) is 0 Å². The first kappa shape index (κ1) is 18.9. The maximum atomic E-state index is 10.6. The Kier molecular flexibility index (Phi) is 5.04. The van der Waals surface area contributed by atoms with Crippen molar-refractivity contribution in [2.45, 2.75) is 25.4 Å². The summed E-state index contributed by atoms with van der Waals surface area (Å²) in [5, 5.41) is 19.5. The van der Waals surface area contributed by atoms with Crippen LogP contribution in [0.1, 0.15) is 19.3 Å². The Morgan fingerprint density at radius 1 is 0.900 bits per heavy atom. The van der Waals surface area contributed by atoms with E-state index < -0.39 is 0 Å². The highest BCUT2D eigenvalue weighted by Gasteiger charge is 2.42. The Balaban J connectivity index is 1.26. The monoisotopic (exact) mass is 402 g/mol. The molecular formula is C23H26N6O. The van der Waals surface area contributed by atoms with Crippen LogP contribution in [0, 0.1) is 5.41 Å². The van der Waals surface area contributed by atoms with Gasteiger partial charge < -0.3 is 14.9 Å². The van der Waals surface area contributed by atoms with E-state index in [9.17, 15) is 5.11 Å². The standard InChI is InChI=1S/C23H26N6O/c30-19-14-23(17-29(16-19)22-15-24-10-11-25-22)8-12-28(13-9-23)21-7-6-20(26-27-21)18-4-2-1-3-5-18/h1-7,10-11,15,19,30H,8-9,12-14,16-17H2. The van der Waals surface area contributed by atoms with Crippen LogP contribution in [0.2, 0.25) is 0 Å². The second-order valence-electron chi connectivity index (χ2n) is 8.43. The molecular weight excluding hydrogens is 376 g/mol. The number of piperidine rings is 2. The van der Waals surface area contributed by atoms with Crippen molar-refractivity contribution in [3.8, 4) is 11.3 Å². The Hall–Kier alpha value is -3.06. The quantitative estimate of drug-likeness (QED) is 0.722. The molecule has 1 atom stereocenters. The summed E-state index contributed by atoms with van der Waals surface area (Å²) in [7, 11) is 0. The topological polar surface area (TPSA) is 78.3 Å². The van der Waals surface area contributed by atoms with Crippen molar-refractivity contribution in [1.82, 2.24) is 20.2 Å². The zero-order valence-corrected chi connectivity index (χ0v) is 16.9. The van der Waals surface area contributed by atoms with Gasteiger partial charge >= 0.3 is 0 Å². The molecule has 2 aliphatic heterocycles. The summed E-state index contributed by atoms with van der Waals surface area (Å²) >= 11 is 0. The average molecular weight is 403 g/mol. The lowest BCUT2D eigenvalue weighted by Gasteiger charge is -2.49. The van der Waals surface area contributed by atoms with Gasteiger partial charge in [0.05, 0.1) is 18.0 Å². The van der Waals surface area contributed by atoms with Gasteiger partial charge in [-0.05, 0) is 36.8 Å². The van der Waals surface area contributed by atoms with Crippen LogP contribution in [0.25, 0.3) is 11.3 Å². The average Bonchev–Trinajstić information content (AvgIpc) is 2.80. The number of aliphatic hydroxyl groups excluding tert-OH is 1. The van der Waals surface area contributed by atoms with Crippen molar-refractivity contribution >= 4 is 11.6 Å². The number of hydrogen-bond donors (Lipinski definition) is 1. The van der Waals surface area contributed by atoms with Crippen LogP contribution in [-0.4, -0.2) is 57.6 Å². The van der Waals surface area contributed by atoms with Crippen LogP contribution >= 0.6 is 0 Å². The van der Waals surface area contributed by atoms with Crippen molar-refractivity contribution in [1.29, 1.82) is 0 Å². The SMILES string of the molecule is OC1CN(c2cnccn2)CC2(CCN(c3ccc(-c4ccccc4)nn3)CC2)C1. The van der Waals surface area contributed by atoms with E-state index in [1.165, 1.54) is 0 Å². The molecule has 154 valence electrons. The third kappa shape index (κ3) is 3.85. The van der Waals surface area contributed by atoms with Gasteiger partial charge in [0, 0.05) is 44.1 Å². The summed E-state index contributed by atoms with van der Waals surface area (Å²) in [6.07, 6.45) is 7.72.